The smallest absolute Gasteiger partial charge is 0.140 e. The molecule has 2 rings (SSSR count). The zero-order chi connectivity index (χ0) is 21.9. The van der Waals surface area contributed by atoms with Crippen LogP contribution in [-0.2, 0) is 16.5 Å². The highest BCUT2D eigenvalue weighted by Crippen LogP contribution is 2.36. The molecule has 8 heteroatoms. The number of benzene rings is 2. The van der Waals surface area contributed by atoms with Gasteiger partial charge in [-0.25, -0.2) is 13.4 Å². The maximum atomic E-state index is 13.4. The van der Waals surface area contributed by atoms with E-state index in [-0.39, 0.29) is 11.6 Å². The summed E-state index contributed by atoms with van der Waals surface area (Å²) >= 11 is 0. The summed E-state index contributed by atoms with van der Waals surface area (Å²) in [6.07, 6.45) is 0. The molecule has 1 unspecified atom stereocenters. The van der Waals surface area contributed by atoms with Crippen molar-refractivity contribution < 1.29 is 18.4 Å². The van der Waals surface area contributed by atoms with E-state index in [2.05, 4.69) is 38.3 Å². The third kappa shape index (κ3) is 5.52. The van der Waals surface area contributed by atoms with Crippen LogP contribution in [0.15, 0.2) is 47.4 Å². The van der Waals surface area contributed by atoms with Crippen LogP contribution in [0.2, 0.25) is 18.1 Å². The molecule has 0 aliphatic rings. The Hall–Kier alpha value is -2.03. The van der Waals surface area contributed by atoms with E-state index < -0.39 is 18.2 Å². The summed E-state index contributed by atoms with van der Waals surface area (Å²) in [6, 6.07) is 12.5. The minimum absolute atomic E-state index is 0.0526. The summed E-state index contributed by atoms with van der Waals surface area (Å²) in [7, 11) is -2.20. The quantitative estimate of drug-likeness (QED) is 0.558. The molecule has 1 atom stereocenters. The van der Waals surface area contributed by atoms with Crippen molar-refractivity contribution in [3.05, 3.63) is 48.0 Å². The first-order chi connectivity index (χ1) is 13.4. The Labute approximate surface area is 175 Å². The first-order valence-corrected chi connectivity index (χ1v) is 14.0. The Bertz CT molecular complexity index is 953. The monoisotopic (exact) mass is 436 g/mol. The van der Waals surface area contributed by atoms with Crippen LogP contribution in [0.1, 0.15) is 26.3 Å². The molecule has 0 heterocycles. The normalized spacial score (nSPS) is 14.2. The topological polar surface area (TPSA) is 80.6 Å². The SMILES string of the molecule is COc1ccc(COc2ccccc2S(=N)(=O)N[Si](C)(C)C(C)(C)C)c(OC)c1. The summed E-state index contributed by atoms with van der Waals surface area (Å²) in [6.45, 7) is 10.7. The Morgan fingerprint density at radius 1 is 1.03 bits per heavy atom. The molecule has 160 valence electrons. The van der Waals surface area contributed by atoms with Crippen LogP contribution >= 0.6 is 0 Å². The van der Waals surface area contributed by atoms with Gasteiger partial charge < -0.3 is 14.2 Å². The van der Waals surface area contributed by atoms with E-state index in [1.54, 1.807) is 38.5 Å². The van der Waals surface area contributed by atoms with Crippen LogP contribution in [0, 0.1) is 4.78 Å². The molecule has 2 aromatic rings. The van der Waals surface area contributed by atoms with Crippen LogP contribution in [0.4, 0.5) is 0 Å². The highest BCUT2D eigenvalue weighted by molar-refractivity contribution is 7.92. The maximum Gasteiger partial charge on any atom is 0.140 e. The van der Waals surface area contributed by atoms with Gasteiger partial charge in [0.1, 0.15) is 46.9 Å². The first-order valence-electron chi connectivity index (χ1n) is 9.42. The molecule has 2 N–H and O–H groups in total. The first kappa shape index (κ1) is 23.2. The van der Waals surface area contributed by atoms with Crippen LogP contribution < -0.4 is 18.6 Å². The van der Waals surface area contributed by atoms with E-state index in [0.717, 1.165) is 5.56 Å². The van der Waals surface area contributed by atoms with E-state index in [9.17, 15) is 4.21 Å². The zero-order valence-corrected chi connectivity index (χ0v) is 20.1. The minimum Gasteiger partial charge on any atom is -0.497 e. The molecule has 0 aliphatic carbocycles. The summed E-state index contributed by atoms with van der Waals surface area (Å²) in [5.74, 6) is 1.77. The third-order valence-corrected chi connectivity index (χ3v) is 13.2. The summed E-state index contributed by atoms with van der Waals surface area (Å²) in [5.41, 5.74) is 0.830. The van der Waals surface area contributed by atoms with E-state index in [4.69, 9.17) is 19.0 Å². The lowest BCUT2D eigenvalue weighted by Gasteiger charge is -2.37. The largest absolute Gasteiger partial charge is 0.497 e. The molecular weight excluding hydrogens is 404 g/mol. The minimum atomic E-state index is -3.23. The second-order valence-corrected chi connectivity index (χ2v) is 15.6. The highest BCUT2D eigenvalue weighted by Gasteiger charge is 2.38. The number of methoxy groups -OCH3 is 2. The van der Waals surface area contributed by atoms with Crippen LogP contribution in [-0.4, -0.2) is 26.7 Å². The molecule has 2 aromatic carbocycles. The number of para-hydroxylation sites is 1. The van der Waals surface area contributed by atoms with Crippen molar-refractivity contribution in [1.82, 2.24) is 4.39 Å². The summed E-state index contributed by atoms with van der Waals surface area (Å²) < 4.78 is 41.7. The van der Waals surface area contributed by atoms with Gasteiger partial charge in [-0.3, -0.25) is 0 Å². The second-order valence-electron chi connectivity index (χ2n) is 8.45. The van der Waals surface area contributed by atoms with Gasteiger partial charge >= 0.3 is 0 Å². The van der Waals surface area contributed by atoms with Crippen molar-refractivity contribution in [1.29, 1.82) is 4.78 Å². The van der Waals surface area contributed by atoms with E-state index in [1.807, 2.05) is 18.2 Å². The lowest BCUT2D eigenvalue weighted by Crippen LogP contribution is -2.54. The Morgan fingerprint density at radius 2 is 1.69 bits per heavy atom. The van der Waals surface area contributed by atoms with Crippen molar-refractivity contribution in [2.24, 2.45) is 0 Å². The molecule has 0 aliphatic heterocycles. The molecule has 0 saturated heterocycles. The van der Waals surface area contributed by atoms with E-state index in [0.29, 0.717) is 22.1 Å². The fourth-order valence-corrected chi connectivity index (χ4v) is 7.72. The Balaban J connectivity index is 2.30. The molecule has 0 fully saturated rings. The van der Waals surface area contributed by atoms with Gasteiger partial charge in [0, 0.05) is 11.6 Å². The van der Waals surface area contributed by atoms with E-state index in [1.165, 1.54) is 0 Å². The number of hydrogen-bond donors (Lipinski definition) is 2. The lowest BCUT2D eigenvalue weighted by molar-refractivity contribution is 0.289. The fourth-order valence-electron chi connectivity index (χ4n) is 2.50. The van der Waals surface area contributed by atoms with Crippen molar-refractivity contribution in [2.75, 3.05) is 14.2 Å². The number of hydrogen-bond acceptors (Lipinski definition) is 5. The lowest BCUT2D eigenvalue weighted by atomic mass is 10.2. The summed E-state index contributed by atoms with van der Waals surface area (Å²) in [5, 5.41) is -0.0526. The van der Waals surface area contributed by atoms with Crippen molar-refractivity contribution in [3.8, 4) is 17.2 Å². The van der Waals surface area contributed by atoms with E-state index >= 15 is 0 Å². The molecular formula is C21H32N2O4SSi. The molecule has 0 amide bonds. The van der Waals surface area contributed by atoms with Crippen molar-refractivity contribution in [3.63, 3.8) is 0 Å². The standard InChI is InChI=1S/C21H32N2O4SSi/c1-21(2,3)29(6,7)23-28(22,24)20-11-9-8-10-18(20)27-15-16-12-13-17(25-4)14-19(16)26-5/h8-14H,15H2,1-7H3,(H2,22,23,24). The number of rotatable bonds is 8. The number of ether oxygens (including phenoxy) is 3. The van der Waals surface area contributed by atoms with Gasteiger partial charge in [-0.15, -0.1) is 0 Å². The maximum absolute atomic E-state index is 13.4. The molecule has 29 heavy (non-hydrogen) atoms. The highest BCUT2D eigenvalue weighted by atomic mass is 32.2. The summed E-state index contributed by atoms with van der Waals surface area (Å²) in [4.78, 5) is 0.359. The predicted octanol–water partition coefficient (Wildman–Crippen LogP) is 5.20. The number of nitrogens with one attached hydrogen (secondary N) is 2. The second kappa shape index (κ2) is 8.77. The van der Waals surface area contributed by atoms with Gasteiger partial charge in [-0.1, -0.05) is 46.0 Å². The predicted molar refractivity (Wildman–Crippen MR) is 120 cm³/mol. The fraction of sp³-hybridized carbons (Fsp3) is 0.429. The molecule has 6 nitrogen and oxygen atoms in total. The van der Waals surface area contributed by atoms with Gasteiger partial charge in [-0.05, 0) is 29.3 Å². The van der Waals surface area contributed by atoms with Crippen LogP contribution in [0.25, 0.3) is 0 Å². The van der Waals surface area contributed by atoms with Gasteiger partial charge in [0.2, 0.25) is 0 Å². The molecule has 0 spiro atoms. The van der Waals surface area contributed by atoms with Gasteiger partial charge in [-0.2, -0.15) is 0 Å². The average molecular weight is 437 g/mol. The zero-order valence-electron chi connectivity index (χ0n) is 18.3. The van der Waals surface area contributed by atoms with Gasteiger partial charge in [0.05, 0.1) is 14.2 Å². The van der Waals surface area contributed by atoms with Gasteiger partial charge in [0.15, 0.2) is 0 Å². The average Bonchev–Trinajstić information content (AvgIpc) is 2.64. The molecule has 0 bridgehead atoms. The molecule has 0 radical (unpaired) electrons. The Kier molecular flexibility index (Phi) is 7.03. The Morgan fingerprint density at radius 3 is 2.28 bits per heavy atom. The third-order valence-electron chi connectivity index (χ3n) is 5.31. The van der Waals surface area contributed by atoms with Gasteiger partial charge in [0.25, 0.3) is 0 Å². The molecule has 0 aromatic heterocycles. The van der Waals surface area contributed by atoms with Crippen LogP contribution in [0.3, 0.4) is 0 Å². The van der Waals surface area contributed by atoms with Crippen LogP contribution in [0.5, 0.6) is 17.2 Å². The molecule has 0 saturated carbocycles. The van der Waals surface area contributed by atoms with Crippen molar-refractivity contribution in [2.45, 2.75) is 50.4 Å². The van der Waals surface area contributed by atoms with Crippen molar-refractivity contribution >= 4 is 18.2 Å².